The topological polar surface area (TPSA) is 49.4 Å². The van der Waals surface area contributed by atoms with Crippen molar-refractivity contribution in [3.63, 3.8) is 0 Å². The van der Waals surface area contributed by atoms with Gasteiger partial charge in [0.15, 0.2) is 0 Å². The van der Waals surface area contributed by atoms with Gasteiger partial charge in [-0.05, 0) is 30.7 Å². The Morgan fingerprint density at radius 2 is 1.70 bits per heavy atom. The first-order chi connectivity index (χ1) is 11.0. The Morgan fingerprint density at radius 1 is 1.04 bits per heavy atom. The Morgan fingerprint density at radius 3 is 2.39 bits per heavy atom. The highest BCUT2D eigenvalue weighted by molar-refractivity contribution is 8.00. The highest BCUT2D eigenvalue weighted by Crippen LogP contribution is 2.24. The maximum Gasteiger partial charge on any atom is 0.256 e. The first-order valence-electron chi connectivity index (χ1n) is 7.28. The number of anilines is 1. The number of benzene rings is 2. The Bertz CT molecular complexity index is 714. The molecule has 0 saturated heterocycles. The van der Waals surface area contributed by atoms with Crippen LogP contribution in [0.5, 0.6) is 0 Å². The van der Waals surface area contributed by atoms with Gasteiger partial charge < -0.3 is 10.2 Å². The van der Waals surface area contributed by atoms with E-state index in [-0.39, 0.29) is 11.8 Å². The lowest BCUT2D eigenvalue weighted by molar-refractivity contribution is -0.125. The van der Waals surface area contributed by atoms with E-state index in [1.807, 2.05) is 49.4 Å². The maximum atomic E-state index is 12.5. The van der Waals surface area contributed by atoms with Crippen LogP contribution in [0.3, 0.4) is 0 Å². The van der Waals surface area contributed by atoms with E-state index in [1.54, 1.807) is 25.1 Å². The molecule has 0 heterocycles. The lowest BCUT2D eigenvalue weighted by atomic mass is 10.1. The largest absolute Gasteiger partial charge is 0.348 e. The average molecular weight is 328 g/mol. The van der Waals surface area contributed by atoms with Crippen LogP contribution >= 0.6 is 11.8 Å². The van der Waals surface area contributed by atoms with E-state index in [9.17, 15) is 9.59 Å². The molecule has 2 rings (SSSR count). The van der Waals surface area contributed by atoms with Crippen molar-refractivity contribution in [2.24, 2.45) is 0 Å². The van der Waals surface area contributed by atoms with Crippen molar-refractivity contribution in [3.8, 4) is 0 Å². The molecule has 2 amide bonds. The van der Waals surface area contributed by atoms with Gasteiger partial charge in [0.25, 0.3) is 5.91 Å². The number of nitrogens with zero attached hydrogens (tertiary/aromatic N) is 1. The van der Waals surface area contributed by atoms with Crippen LogP contribution in [-0.2, 0) is 4.79 Å². The van der Waals surface area contributed by atoms with Gasteiger partial charge in [0.1, 0.15) is 0 Å². The van der Waals surface area contributed by atoms with E-state index in [0.29, 0.717) is 11.3 Å². The molecule has 0 aliphatic heterocycles. The summed E-state index contributed by atoms with van der Waals surface area (Å²) in [4.78, 5) is 26.6. The van der Waals surface area contributed by atoms with Crippen LogP contribution in [0.1, 0.15) is 15.9 Å². The second-order valence-electron chi connectivity index (χ2n) is 5.34. The maximum absolute atomic E-state index is 12.5. The van der Waals surface area contributed by atoms with Gasteiger partial charge >= 0.3 is 0 Å². The molecule has 4 nitrogen and oxygen atoms in total. The number of hydrogen-bond donors (Lipinski definition) is 1. The molecule has 0 aliphatic rings. The molecule has 0 bridgehead atoms. The first-order valence-corrected chi connectivity index (χ1v) is 8.26. The second-order valence-corrected chi connectivity index (χ2v) is 6.36. The fourth-order valence-electron chi connectivity index (χ4n) is 1.95. The molecule has 0 saturated carbocycles. The van der Waals surface area contributed by atoms with Gasteiger partial charge in [-0.15, -0.1) is 11.8 Å². The molecule has 0 atom stereocenters. The molecule has 0 spiro atoms. The van der Waals surface area contributed by atoms with Crippen LogP contribution in [0.15, 0.2) is 53.4 Å². The van der Waals surface area contributed by atoms with Crippen molar-refractivity contribution in [1.82, 2.24) is 4.90 Å². The predicted molar refractivity (Wildman–Crippen MR) is 95.0 cm³/mol. The van der Waals surface area contributed by atoms with Crippen LogP contribution in [0.2, 0.25) is 0 Å². The van der Waals surface area contributed by atoms with E-state index < -0.39 is 0 Å². The molecule has 0 aliphatic carbocycles. The summed E-state index contributed by atoms with van der Waals surface area (Å²) in [6.07, 6.45) is 0. The number of rotatable bonds is 5. The first kappa shape index (κ1) is 17.1. The number of amides is 2. The molecule has 23 heavy (non-hydrogen) atoms. The smallest absolute Gasteiger partial charge is 0.256 e. The summed E-state index contributed by atoms with van der Waals surface area (Å²) >= 11 is 1.37. The minimum absolute atomic E-state index is 0.0177. The second kappa shape index (κ2) is 7.83. The molecular formula is C18H20N2O2S. The molecule has 5 heteroatoms. The van der Waals surface area contributed by atoms with Gasteiger partial charge in [-0.3, -0.25) is 9.59 Å². The molecule has 2 aromatic carbocycles. The van der Waals surface area contributed by atoms with Gasteiger partial charge in [0.05, 0.1) is 11.3 Å². The minimum atomic E-state index is -0.167. The van der Waals surface area contributed by atoms with Gasteiger partial charge in [-0.25, -0.2) is 0 Å². The summed E-state index contributed by atoms with van der Waals surface area (Å²) in [7, 11) is 3.44. The molecular weight excluding hydrogens is 308 g/mol. The third-order valence-electron chi connectivity index (χ3n) is 3.37. The quantitative estimate of drug-likeness (QED) is 0.856. The molecule has 2 aromatic rings. The summed E-state index contributed by atoms with van der Waals surface area (Å²) in [6.45, 7) is 1.95. The van der Waals surface area contributed by atoms with Crippen molar-refractivity contribution in [2.45, 2.75) is 11.8 Å². The lowest BCUT2D eigenvalue weighted by Crippen LogP contribution is -2.23. The zero-order chi connectivity index (χ0) is 16.8. The fraction of sp³-hybridized carbons (Fsp3) is 0.222. The van der Waals surface area contributed by atoms with Gasteiger partial charge in [0, 0.05) is 24.7 Å². The van der Waals surface area contributed by atoms with Crippen molar-refractivity contribution in [1.29, 1.82) is 0 Å². The van der Waals surface area contributed by atoms with E-state index in [1.165, 1.54) is 11.8 Å². The number of carbonyl (C=O) groups is 2. The molecule has 0 aromatic heterocycles. The lowest BCUT2D eigenvalue weighted by Gasteiger charge is -2.13. The Labute approximate surface area is 140 Å². The van der Waals surface area contributed by atoms with Crippen molar-refractivity contribution < 1.29 is 9.59 Å². The zero-order valence-electron chi connectivity index (χ0n) is 13.5. The van der Waals surface area contributed by atoms with Crippen molar-refractivity contribution in [2.75, 3.05) is 25.2 Å². The average Bonchev–Trinajstić information content (AvgIpc) is 2.54. The van der Waals surface area contributed by atoms with Crippen LogP contribution in [0, 0.1) is 6.92 Å². The van der Waals surface area contributed by atoms with Crippen LogP contribution in [-0.4, -0.2) is 36.6 Å². The monoisotopic (exact) mass is 328 g/mol. The Balaban J connectivity index is 2.14. The predicted octanol–water partition coefficient (Wildman–Crippen LogP) is 3.43. The number of carbonyl (C=O) groups excluding carboxylic acids is 2. The summed E-state index contributed by atoms with van der Waals surface area (Å²) in [5.74, 6) is 0.158. The number of para-hydroxylation sites is 1. The molecule has 0 radical (unpaired) electrons. The Hall–Kier alpha value is -2.27. The fourth-order valence-corrected chi connectivity index (χ4v) is 2.98. The summed E-state index contributed by atoms with van der Waals surface area (Å²) in [5.41, 5.74) is 2.38. The van der Waals surface area contributed by atoms with Crippen molar-refractivity contribution in [3.05, 3.63) is 59.7 Å². The number of nitrogens with one attached hydrogen (secondary N) is 1. The van der Waals surface area contributed by atoms with E-state index in [4.69, 9.17) is 0 Å². The standard InChI is InChI=1S/C18H20N2O2S/c1-13-8-4-6-10-15(13)19-18(22)14-9-5-7-11-16(14)23-12-17(21)20(2)3/h4-11H,12H2,1-3H3,(H,19,22). The Kier molecular flexibility index (Phi) is 5.82. The van der Waals surface area contributed by atoms with Crippen LogP contribution in [0.25, 0.3) is 0 Å². The highest BCUT2D eigenvalue weighted by Gasteiger charge is 2.14. The number of thioether (sulfide) groups is 1. The van der Waals surface area contributed by atoms with Crippen molar-refractivity contribution >= 4 is 29.3 Å². The molecule has 0 fully saturated rings. The SMILES string of the molecule is Cc1ccccc1NC(=O)c1ccccc1SCC(=O)N(C)C. The normalized spacial score (nSPS) is 10.2. The van der Waals surface area contributed by atoms with Crippen LogP contribution in [0.4, 0.5) is 5.69 Å². The van der Waals surface area contributed by atoms with Crippen LogP contribution < -0.4 is 5.32 Å². The van der Waals surface area contributed by atoms with Gasteiger partial charge in [-0.1, -0.05) is 30.3 Å². The third kappa shape index (κ3) is 4.60. The summed E-state index contributed by atoms with van der Waals surface area (Å²) in [5, 5.41) is 2.93. The molecule has 1 N–H and O–H groups in total. The summed E-state index contributed by atoms with van der Waals surface area (Å²) < 4.78 is 0. The van der Waals surface area contributed by atoms with E-state index >= 15 is 0 Å². The molecule has 120 valence electrons. The minimum Gasteiger partial charge on any atom is -0.348 e. The van der Waals surface area contributed by atoms with E-state index in [2.05, 4.69) is 5.32 Å². The molecule has 0 unspecified atom stereocenters. The zero-order valence-corrected chi connectivity index (χ0v) is 14.3. The summed E-state index contributed by atoms with van der Waals surface area (Å²) in [6, 6.07) is 15.0. The highest BCUT2D eigenvalue weighted by atomic mass is 32.2. The van der Waals surface area contributed by atoms with E-state index in [0.717, 1.165) is 16.1 Å². The van der Waals surface area contributed by atoms with Gasteiger partial charge in [-0.2, -0.15) is 0 Å². The number of hydrogen-bond acceptors (Lipinski definition) is 3. The number of aryl methyl sites for hydroxylation is 1. The van der Waals surface area contributed by atoms with Gasteiger partial charge in [0.2, 0.25) is 5.91 Å². The third-order valence-corrected chi connectivity index (χ3v) is 4.43.